The molecule has 2 saturated carbocycles. The summed E-state index contributed by atoms with van der Waals surface area (Å²) < 4.78 is 0. The number of nitrogens with one attached hydrogen (secondary N) is 1. The van der Waals surface area contributed by atoms with E-state index in [0.29, 0.717) is 19.6 Å². The molecule has 198 valence electrons. The molecule has 0 atom stereocenters. The molecule has 1 aromatic heterocycles. The number of amides is 3. The van der Waals surface area contributed by atoms with E-state index in [1.165, 1.54) is 5.56 Å². The molecule has 3 amide bonds. The van der Waals surface area contributed by atoms with Crippen molar-refractivity contribution in [2.75, 3.05) is 39.0 Å². The number of urea groups is 1. The number of hydrogen-bond acceptors (Lipinski definition) is 6. The predicted octanol–water partition coefficient (Wildman–Crippen LogP) is 3.23. The zero-order valence-corrected chi connectivity index (χ0v) is 21.9. The van der Waals surface area contributed by atoms with Crippen LogP contribution in [0.2, 0.25) is 0 Å². The minimum absolute atomic E-state index is 0.0684. The minimum atomic E-state index is -0.795. The predicted molar refractivity (Wildman–Crippen MR) is 141 cm³/mol. The maximum Gasteiger partial charge on any atom is 0.320 e. The monoisotopic (exact) mass is 506 g/mol. The van der Waals surface area contributed by atoms with Crippen LogP contribution in [0.25, 0.3) is 0 Å². The fraction of sp³-hybridized carbons (Fsp3) is 0.571. The van der Waals surface area contributed by atoms with Gasteiger partial charge in [-0.2, -0.15) is 0 Å². The lowest BCUT2D eigenvalue weighted by atomic mass is 9.67. The molecule has 2 aliphatic carbocycles. The summed E-state index contributed by atoms with van der Waals surface area (Å²) in [6.07, 6.45) is 9.33. The van der Waals surface area contributed by atoms with Gasteiger partial charge in [-0.05, 0) is 70.7 Å². The van der Waals surface area contributed by atoms with E-state index in [1.807, 2.05) is 11.0 Å². The second-order valence-corrected chi connectivity index (χ2v) is 11.3. The van der Waals surface area contributed by atoms with E-state index >= 15 is 0 Å². The van der Waals surface area contributed by atoms with Crippen molar-refractivity contribution >= 4 is 17.9 Å². The van der Waals surface area contributed by atoms with Gasteiger partial charge in [0, 0.05) is 37.4 Å². The number of aromatic nitrogens is 2. The van der Waals surface area contributed by atoms with Crippen LogP contribution in [0.15, 0.2) is 48.8 Å². The molecule has 37 heavy (non-hydrogen) atoms. The molecule has 9 nitrogen and oxygen atoms in total. The number of hydrogen-bond donors (Lipinski definition) is 2. The summed E-state index contributed by atoms with van der Waals surface area (Å²) in [5.74, 6) is 0.0437. The van der Waals surface area contributed by atoms with Gasteiger partial charge >= 0.3 is 6.03 Å². The first-order valence-electron chi connectivity index (χ1n) is 13.3. The maximum atomic E-state index is 13.7. The Morgan fingerprint density at radius 1 is 1.03 bits per heavy atom. The van der Waals surface area contributed by atoms with Crippen LogP contribution in [-0.4, -0.2) is 86.6 Å². The molecule has 1 aliphatic heterocycles. The molecule has 1 aromatic carbocycles. The highest BCUT2D eigenvalue weighted by atomic mass is 16.3. The molecule has 2 heterocycles. The van der Waals surface area contributed by atoms with Gasteiger partial charge in [0.15, 0.2) is 0 Å². The van der Waals surface area contributed by atoms with Crippen LogP contribution in [0.5, 0.6) is 0 Å². The Labute approximate surface area is 218 Å². The Balaban J connectivity index is 1.32. The van der Waals surface area contributed by atoms with Crippen molar-refractivity contribution in [3.63, 3.8) is 0 Å². The van der Waals surface area contributed by atoms with E-state index in [1.54, 1.807) is 23.4 Å². The molecule has 0 unspecified atom stereocenters. The highest BCUT2D eigenvalue weighted by Crippen LogP contribution is 2.50. The van der Waals surface area contributed by atoms with Crippen LogP contribution >= 0.6 is 0 Å². The number of nitrogens with zero attached hydrogens (tertiary/aromatic N) is 5. The van der Waals surface area contributed by atoms with E-state index in [0.717, 1.165) is 44.9 Å². The SMILES string of the molecule is CN(C)C1(c2ccccc2)CCC2(CC1)CN(CCC(=O)Nc1ncccn1)C(=O)N2CC1(O)CCC1. The van der Waals surface area contributed by atoms with E-state index in [2.05, 4.69) is 58.5 Å². The van der Waals surface area contributed by atoms with Gasteiger partial charge in [0.25, 0.3) is 0 Å². The quantitative estimate of drug-likeness (QED) is 0.570. The summed E-state index contributed by atoms with van der Waals surface area (Å²) in [5, 5.41) is 13.7. The van der Waals surface area contributed by atoms with Gasteiger partial charge in [-0.1, -0.05) is 30.3 Å². The van der Waals surface area contributed by atoms with Gasteiger partial charge in [-0.3, -0.25) is 15.0 Å². The number of carbonyl (C=O) groups is 2. The Morgan fingerprint density at radius 3 is 2.30 bits per heavy atom. The lowest BCUT2D eigenvalue weighted by molar-refractivity contribution is -0.116. The van der Waals surface area contributed by atoms with E-state index in [4.69, 9.17) is 0 Å². The number of carbonyl (C=O) groups excluding carboxylic acids is 2. The van der Waals surface area contributed by atoms with Gasteiger partial charge in [0.05, 0.1) is 17.7 Å². The van der Waals surface area contributed by atoms with Crippen molar-refractivity contribution in [3.05, 3.63) is 54.4 Å². The molecule has 1 saturated heterocycles. The largest absolute Gasteiger partial charge is 0.388 e. The average molecular weight is 507 g/mol. The molecule has 3 fully saturated rings. The van der Waals surface area contributed by atoms with Gasteiger partial charge in [0.1, 0.15) is 0 Å². The summed E-state index contributed by atoms with van der Waals surface area (Å²) in [6, 6.07) is 12.3. The number of anilines is 1. The molecule has 1 spiro atoms. The van der Waals surface area contributed by atoms with Crippen LogP contribution < -0.4 is 5.32 Å². The number of aliphatic hydroxyl groups is 1. The van der Waals surface area contributed by atoms with Crippen molar-refractivity contribution in [1.82, 2.24) is 24.7 Å². The summed E-state index contributed by atoms with van der Waals surface area (Å²) in [4.78, 5) is 40.4. The van der Waals surface area contributed by atoms with Crippen molar-refractivity contribution < 1.29 is 14.7 Å². The third-order valence-electron chi connectivity index (χ3n) is 8.90. The normalized spacial score (nSPS) is 27.0. The lowest BCUT2D eigenvalue weighted by Crippen LogP contribution is -2.59. The molecule has 0 bridgehead atoms. The Morgan fingerprint density at radius 2 is 1.70 bits per heavy atom. The molecular formula is C28H38N6O3. The molecular weight excluding hydrogens is 468 g/mol. The topological polar surface area (TPSA) is 102 Å². The van der Waals surface area contributed by atoms with Crippen molar-refractivity contribution in [1.29, 1.82) is 0 Å². The number of rotatable bonds is 8. The van der Waals surface area contributed by atoms with Crippen molar-refractivity contribution in [3.8, 4) is 0 Å². The molecule has 2 aromatic rings. The highest BCUT2D eigenvalue weighted by Gasteiger charge is 2.56. The maximum absolute atomic E-state index is 13.7. The fourth-order valence-electron chi connectivity index (χ4n) is 6.42. The third-order valence-corrected chi connectivity index (χ3v) is 8.90. The van der Waals surface area contributed by atoms with E-state index < -0.39 is 5.60 Å². The Hall–Kier alpha value is -3.04. The first kappa shape index (κ1) is 25.6. The third kappa shape index (κ3) is 4.94. The first-order chi connectivity index (χ1) is 17.8. The second-order valence-electron chi connectivity index (χ2n) is 11.3. The van der Waals surface area contributed by atoms with Crippen molar-refractivity contribution in [2.45, 2.75) is 68.0 Å². The molecule has 0 radical (unpaired) electrons. The second kappa shape index (κ2) is 10.0. The zero-order valence-electron chi connectivity index (χ0n) is 21.9. The van der Waals surface area contributed by atoms with Crippen LogP contribution in [0.1, 0.15) is 56.9 Å². The van der Waals surface area contributed by atoms with Crippen LogP contribution in [-0.2, 0) is 10.3 Å². The van der Waals surface area contributed by atoms with Gasteiger partial charge in [-0.25, -0.2) is 14.8 Å². The summed E-state index contributed by atoms with van der Waals surface area (Å²) in [6.45, 7) is 1.27. The first-order valence-corrected chi connectivity index (χ1v) is 13.3. The summed E-state index contributed by atoms with van der Waals surface area (Å²) in [7, 11) is 4.28. The van der Waals surface area contributed by atoms with Crippen LogP contribution in [0.4, 0.5) is 10.7 Å². The summed E-state index contributed by atoms with van der Waals surface area (Å²) in [5.41, 5.74) is 0.0868. The minimum Gasteiger partial charge on any atom is -0.388 e. The molecule has 3 aliphatic rings. The molecule has 9 heteroatoms. The highest BCUT2D eigenvalue weighted by molar-refractivity contribution is 5.89. The lowest BCUT2D eigenvalue weighted by Gasteiger charge is -2.52. The van der Waals surface area contributed by atoms with Crippen molar-refractivity contribution in [2.24, 2.45) is 0 Å². The van der Waals surface area contributed by atoms with E-state index in [9.17, 15) is 14.7 Å². The average Bonchev–Trinajstić information content (AvgIpc) is 3.13. The number of β-amino-alcohol motifs (C(OH)–C–C–N with tert-alkyl or cyclic N) is 1. The Kier molecular flexibility index (Phi) is 6.93. The standard InChI is InChI=1S/C28H38N6O3/c1-32(2)28(22-8-4-3-5-9-22)15-13-26(14-16-28)20-33(25(36)34(26)21-27(37)11-6-12-27)19-10-23(35)31-24-29-17-7-18-30-24/h3-5,7-9,17-18,37H,6,10-16,19-21H2,1-2H3,(H,29,30,31,35). The molecule has 5 rings (SSSR count). The smallest absolute Gasteiger partial charge is 0.320 e. The molecule has 2 N–H and O–H groups in total. The van der Waals surface area contributed by atoms with E-state index in [-0.39, 0.29) is 35.4 Å². The van der Waals surface area contributed by atoms with Gasteiger partial charge in [0.2, 0.25) is 11.9 Å². The Bertz CT molecular complexity index is 1100. The number of benzene rings is 1. The van der Waals surface area contributed by atoms with Crippen LogP contribution in [0, 0.1) is 0 Å². The van der Waals surface area contributed by atoms with Gasteiger partial charge < -0.3 is 14.9 Å². The summed E-state index contributed by atoms with van der Waals surface area (Å²) >= 11 is 0. The van der Waals surface area contributed by atoms with Gasteiger partial charge in [-0.15, -0.1) is 0 Å². The van der Waals surface area contributed by atoms with Crippen LogP contribution in [0.3, 0.4) is 0 Å². The fourth-order valence-corrected chi connectivity index (χ4v) is 6.42. The zero-order chi connectivity index (χ0) is 26.1.